The van der Waals surface area contributed by atoms with E-state index in [4.69, 9.17) is 28.2 Å². The lowest BCUT2D eigenvalue weighted by molar-refractivity contribution is 0.668. The number of hydrogen-bond acceptors (Lipinski definition) is 6. The molecule has 0 radical (unpaired) electrons. The maximum Gasteiger partial charge on any atom is 0.164 e. The number of nitrogens with zero attached hydrogens (tertiary/aromatic N) is 3. The number of fused-ring (bicyclic) bond motifs is 9. The molecule has 0 saturated carbocycles. The van der Waals surface area contributed by atoms with E-state index >= 15 is 0 Å². The van der Waals surface area contributed by atoms with E-state index in [2.05, 4.69) is 72.8 Å². The van der Waals surface area contributed by atoms with Crippen LogP contribution in [0, 0.1) is 0 Å². The topological polar surface area (TPSA) is 78.1 Å². The lowest BCUT2D eigenvalue weighted by Gasteiger charge is -2.10. The number of para-hydroxylation sites is 3. The molecule has 57 heavy (non-hydrogen) atoms. The van der Waals surface area contributed by atoms with Crippen molar-refractivity contribution in [1.82, 2.24) is 15.0 Å². The summed E-state index contributed by atoms with van der Waals surface area (Å²) in [5.74, 6) is 1.80. The van der Waals surface area contributed by atoms with Crippen molar-refractivity contribution in [2.45, 2.75) is 0 Å². The minimum atomic E-state index is 0.580. The second-order valence-corrected chi connectivity index (χ2v) is 14.3. The van der Waals surface area contributed by atoms with Crippen molar-refractivity contribution in [2.75, 3.05) is 0 Å². The molecule has 6 heteroatoms. The lowest BCUT2D eigenvalue weighted by Crippen LogP contribution is -2.00. The molecule has 0 bridgehead atoms. The zero-order valence-electron chi connectivity index (χ0n) is 30.3. The van der Waals surface area contributed by atoms with Crippen LogP contribution in [0.2, 0.25) is 0 Å². The van der Waals surface area contributed by atoms with Gasteiger partial charge in [0.25, 0.3) is 0 Å². The molecule has 0 N–H and O–H groups in total. The molecule has 0 atom stereocenters. The molecule has 4 heterocycles. The molecule has 0 aliphatic carbocycles. The molecule has 8 aromatic carbocycles. The summed E-state index contributed by atoms with van der Waals surface area (Å²) in [6.45, 7) is 0. The summed E-state index contributed by atoms with van der Waals surface area (Å²) in [5.41, 5.74) is 11.7. The molecular formula is C51H29N3O3. The molecular weight excluding hydrogens is 703 g/mol. The maximum atomic E-state index is 6.85. The summed E-state index contributed by atoms with van der Waals surface area (Å²) in [7, 11) is 0. The standard InChI is InChI=1S/C51H29N3O3/c1-3-13-30(14-4-1)49-52-50(31-15-5-2-6-16-31)54-51(53-49)39-21-12-24-44-45(39)38-20-11-19-36(47(38)57-44)35-27-26-33(48-46(35)37-18-8-10-23-42(37)56-48)32-25-28-43-40(29-32)34-17-7-9-22-41(34)55-43/h1-29H. The van der Waals surface area contributed by atoms with E-state index in [1.807, 2.05) is 103 Å². The third-order valence-electron chi connectivity index (χ3n) is 11.0. The van der Waals surface area contributed by atoms with Crippen molar-refractivity contribution < 1.29 is 13.3 Å². The van der Waals surface area contributed by atoms with Gasteiger partial charge in [-0.25, -0.2) is 15.0 Å². The van der Waals surface area contributed by atoms with Crippen LogP contribution in [0.4, 0.5) is 0 Å². The average Bonchev–Trinajstić information content (AvgIpc) is 3.98. The van der Waals surface area contributed by atoms with Crippen molar-refractivity contribution in [3.8, 4) is 56.4 Å². The molecule has 12 aromatic rings. The van der Waals surface area contributed by atoms with E-state index in [0.717, 1.165) is 105 Å². The van der Waals surface area contributed by atoms with Gasteiger partial charge < -0.3 is 13.3 Å². The summed E-state index contributed by atoms with van der Waals surface area (Å²) in [4.78, 5) is 15.1. The van der Waals surface area contributed by atoms with E-state index in [0.29, 0.717) is 17.5 Å². The van der Waals surface area contributed by atoms with Crippen molar-refractivity contribution in [2.24, 2.45) is 0 Å². The van der Waals surface area contributed by atoms with Crippen LogP contribution in [0.15, 0.2) is 189 Å². The Morgan fingerprint density at radius 3 is 1.61 bits per heavy atom. The van der Waals surface area contributed by atoms with Gasteiger partial charge >= 0.3 is 0 Å². The second kappa shape index (κ2) is 12.3. The van der Waals surface area contributed by atoms with Gasteiger partial charge in [0.15, 0.2) is 17.5 Å². The highest BCUT2D eigenvalue weighted by Crippen LogP contribution is 2.46. The Kier molecular flexibility index (Phi) is 6.83. The number of aromatic nitrogens is 3. The van der Waals surface area contributed by atoms with Crippen molar-refractivity contribution in [1.29, 1.82) is 0 Å². The van der Waals surface area contributed by atoms with E-state index in [-0.39, 0.29) is 0 Å². The fourth-order valence-electron chi connectivity index (χ4n) is 8.35. The lowest BCUT2D eigenvalue weighted by atomic mass is 9.93. The monoisotopic (exact) mass is 731 g/mol. The Morgan fingerprint density at radius 1 is 0.281 bits per heavy atom. The summed E-state index contributed by atoms with van der Waals surface area (Å²) in [6, 6.07) is 59.7. The van der Waals surface area contributed by atoms with Crippen LogP contribution in [-0.4, -0.2) is 15.0 Å². The highest BCUT2D eigenvalue weighted by atomic mass is 16.3. The highest BCUT2D eigenvalue weighted by Gasteiger charge is 2.23. The average molecular weight is 732 g/mol. The Hall–Kier alpha value is -7.83. The van der Waals surface area contributed by atoms with Gasteiger partial charge in [0, 0.05) is 60.1 Å². The van der Waals surface area contributed by atoms with E-state index in [9.17, 15) is 0 Å². The van der Waals surface area contributed by atoms with E-state index in [1.54, 1.807) is 0 Å². The van der Waals surface area contributed by atoms with Gasteiger partial charge in [-0.05, 0) is 47.5 Å². The van der Waals surface area contributed by atoms with Gasteiger partial charge in [0.1, 0.15) is 33.5 Å². The summed E-state index contributed by atoms with van der Waals surface area (Å²) in [5, 5.41) is 6.16. The van der Waals surface area contributed by atoms with Crippen molar-refractivity contribution in [3.05, 3.63) is 176 Å². The third-order valence-corrected chi connectivity index (χ3v) is 11.0. The summed E-state index contributed by atoms with van der Waals surface area (Å²) in [6.07, 6.45) is 0. The minimum absolute atomic E-state index is 0.580. The molecule has 6 nitrogen and oxygen atoms in total. The van der Waals surface area contributed by atoms with Gasteiger partial charge in [-0.3, -0.25) is 0 Å². The molecule has 4 aromatic heterocycles. The molecule has 0 spiro atoms. The first-order chi connectivity index (χ1) is 28.2. The van der Waals surface area contributed by atoms with E-state index in [1.165, 1.54) is 0 Å². The Balaban J connectivity index is 1.08. The Bertz CT molecular complexity index is 3470. The second-order valence-electron chi connectivity index (χ2n) is 14.3. The van der Waals surface area contributed by atoms with Crippen LogP contribution < -0.4 is 0 Å². The smallest absolute Gasteiger partial charge is 0.164 e. The summed E-state index contributed by atoms with van der Waals surface area (Å²) >= 11 is 0. The van der Waals surface area contributed by atoms with E-state index < -0.39 is 0 Å². The first-order valence-corrected chi connectivity index (χ1v) is 18.9. The van der Waals surface area contributed by atoms with Gasteiger partial charge in [-0.2, -0.15) is 0 Å². The molecule has 0 aliphatic rings. The van der Waals surface area contributed by atoms with Gasteiger partial charge in [-0.1, -0.05) is 140 Å². The fourth-order valence-corrected chi connectivity index (χ4v) is 8.35. The molecule has 0 fully saturated rings. The maximum absolute atomic E-state index is 6.85. The molecule has 0 aliphatic heterocycles. The van der Waals surface area contributed by atoms with Gasteiger partial charge in [0.2, 0.25) is 0 Å². The van der Waals surface area contributed by atoms with Crippen LogP contribution in [0.3, 0.4) is 0 Å². The SMILES string of the molecule is c1ccc(-c2nc(-c3ccccc3)nc(-c3cccc4oc5c(-c6ccc(-c7ccc8oc9ccccc9c8c7)c7oc8ccccc8c67)cccc5c34)n2)cc1. The molecule has 0 saturated heterocycles. The quantitative estimate of drug-likeness (QED) is 0.175. The van der Waals surface area contributed by atoms with Crippen molar-refractivity contribution >= 4 is 65.8 Å². The predicted octanol–water partition coefficient (Wildman–Crippen LogP) is 13.9. The number of rotatable bonds is 5. The minimum Gasteiger partial charge on any atom is -0.456 e. The third kappa shape index (κ3) is 4.94. The molecule has 0 unspecified atom stereocenters. The molecule has 266 valence electrons. The number of benzene rings is 8. The zero-order chi connectivity index (χ0) is 37.5. The van der Waals surface area contributed by atoms with Gasteiger partial charge in [-0.15, -0.1) is 0 Å². The molecule has 0 amide bonds. The van der Waals surface area contributed by atoms with Gasteiger partial charge in [0.05, 0.1) is 0 Å². The highest BCUT2D eigenvalue weighted by molar-refractivity contribution is 6.21. The Morgan fingerprint density at radius 2 is 0.842 bits per heavy atom. The van der Waals surface area contributed by atoms with Crippen LogP contribution in [0.25, 0.3) is 122 Å². The first-order valence-electron chi connectivity index (χ1n) is 18.9. The van der Waals surface area contributed by atoms with Crippen LogP contribution >= 0.6 is 0 Å². The number of furan rings is 3. The Labute approximate surface area is 325 Å². The van der Waals surface area contributed by atoms with Crippen LogP contribution in [0.5, 0.6) is 0 Å². The van der Waals surface area contributed by atoms with Crippen molar-refractivity contribution in [3.63, 3.8) is 0 Å². The summed E-state index contributed by atoms with van der Waals surface area (Å²) < 4.78 is 19.8. The predicted molar refractivity (Wildman–Crippen MR) is 229 cm³/mol. The van der Waals surface area contributed by atoms with Crippen LogP contribution in [0.1, 0.15) is 0 Å². The normalized spacial score (nSPS) is 11.9. The molecule has 12 rings (SSSR count). The first kappa shape index (κ1) is 31.5. The largest absolute Gasteiger partial charge is 0.456 e. The zero-order valence-corrected chi connectivity index (χ0v) is 30.3. The van der Waals surface area contributed by atoms with Crippen LogP contribution in [-0.2, 0) is 0 Å². The fraction of sp³-hybridized carbons (Fsp3) is 0. The number of hydrogen-bond donors (Lipinski definition) is 0.